The molecule has 2 aromatic carbocycles. The van der Waals surface area contributed by atoms with Gasteiger partial charge in [-0.05, 0) is 50.1 Å². The van der Waals surface area contributed by atoms with E-state index < -0.39 is 0 Å². The van der Waals surface area contributed by atoms with E-state index in [1.54, 1.807) is 12.1 Å². The zero-order valence-electron chi connectivity index (χ0n) is 17.1. The normalized spacial score (nSPS) is 10.4. The van der Waals surface area contributed by atoms with Crippen LogP contribution in [0.2, 0.25) is 0 Å². The molecule has 2 amide bonds. The van der Waals surface area contributed by atoms with Gasteiger partial charge >= 0.3 is 0 Å². The average Bonchev–Trinajstić information content (AvgIpc) is 2.72. The van der Waals surface area contributed by atoms with Crippen molar-refractivity contribution in [2.24, 2.45) is 0 Å². The highest BCUT2D eigenvalue weighted by atomic mass is 16.2. The number of benzene rings is 2. The van der Waals surface area contributed by atoms with Gasteiger partial charge in [0.05, 0.1) is 6.54 Å². The van der Waals surface area contributed by atoms with Gasteiger partial charge in [0, 0.05) is 36.6 Å². The van der Waals surface area contributed by atoms with Gasteiger partial charge in [0.15, 0.2) is 0 Å². The molecule has 0 unspecified atom stereocenters. The Morgan fingerprint density at radius 3 is 2.18 bits per heavy atom. The van der Waals surface area contributed by atoms with Crippen molar-refractivity contribution >= 4 is 23.2 Å². The quantitative estimate of drug-likeness (QED) is 0.663. The van der Waals surface area contributed by atoms with Crippen LogP contribution in [-0.2, 0) is 4.79 Å². The highest BCUT2D eigenvalue weighted by Gasteiger charge is 2.15. The fourth-order valence-electron chi connectivity index (χ4n) is 3.17. The summed E-state index contributed by atoms with van der Waals surface area (Å²) in [5.74, 6) is -0.0893. The largest absolute Gasteiger partial charge is 0.362 e. The number of rotatable bonds is 10. The summed E-state index contributed by atoms with van der Waals surface area (Å²) in [5, 5.41) is 2.92. The second kappa shape index (κ2) is 11.1. The molecule has 0 saturated heterocycles. The van der Waals surface area contributed by atoms with E-state index in [1.807, 2.05) is 59.2 Å². The van der Waals surface area contributed by atoms with Crippen LogP contribution in [0.25, 0.3) is 0 Å². The summed E-state index contributed by atoms with van der Waals surface area (Å²) in [6.45, 7) is 8.64. The maximum Gasteiger partial charge on any atom is 0.253 e. The Morgan fingerprint density at radius 1 is 0.893 bits per heavy atom. The summed E-state index contributed by atoms with van der Waals surface area (Å²) < 4.78 is 0. The molecule has 0 heterocycles. The number of anilines is 2. The lowest BCUT2D eigenvalue weighted by atomic mass is 10.1. The van der Waals surface area contributed by atoms with E-state index in [0.717, 1.165) is 38.2 Å². The van der Waals surface area contributed by atoms with Crippen LogP contribution in [0.5, 0.6) is 0 Å². The van der Waals surface area contributed by atoms with Crippen molar-refractivity contribution in [1.29, 1.82) is 0 Å². The van der Waals surface area contributed by atoms with E-state index in [-0.39, 0.29) is 18.4 Å². The van der Waals surface area contributed by atoms with Gasteiger partial charge in [-0.25, -0.2) is 0 Å². The molecule has 1 N–H and O–H groups in total. The predicted octanol–water partition coefficient (Wildman–Crippen LogP) is 4.41. The summed E-state index contributed by atoms with van der Waals surface area (Å²) in [5.41, 5.74) is 2.27. The van der Waals surface area contributed by atoms with Gasteiger partial charge in [-0.1, -0.05) is 38.1 Å². The lowest BCUT2D eigenvalue weighted by molar-refractivity contribution is -0.115. The lowest BCUT2D eigenvalue weighted by Crippen LogP contribution is -2.33. The smallest absolute Gasteiger partial charge is 0.253 e. The second-order valence-corrected chi connectivity index (χ2v) is 6.77. The number of nitrogens with one attached hydrogen (secondary N) is 1. The highest BCUT2D eigenvalue weighted by Crippen LogP contribution is 2.15. The Bertz CT molecular complexity index is 755. The fourth-order valence-corrected chi connectivity index (χ4v) is 3.17. The molecule has 2 aromatic rings. The first-order valence-corrected chi connectivity index (χ1v) is 10.1. The van der Waals surface area contributed by atoms with Gasteiger partial charge in [0.1, 0.15) is 0 Å². The van der Waals surface area contributed by atoms with Crippen LogP contribution in [0.4, 0.5) is 11.4 Å². The molecule has 2 rings (SSSR count). The number of likely N-dealkylation sites (N-methyl/N-ethyl adjacent to an activating group) is 1. The van der Waals surface area contributed by atoms with Crippen LogP contribution in [0.15, 0.2) is 54.6 Å². The molecule has 5 heteroatoms. The first kappa shape index (κ1) is 21.5. The van der Waals surface area contributed by atoms with E-state index in [1.165, 1.54) is 0 Å². The molecule has 0 bridgehead atoms. The van der Waals surface area contributed by atoms with Crippen LogP contribution in [0.3, 0.4) is 0 Å². The maximum atomic E-state index is 12.8. The lowest BCUT2D eigenvalue weighted by Gasteiger charge is -2.23. The summed E-state index contributed by atoms with van der Waals surface area (Å²) >= 11 is 0. The van der Waals surface area contributed by atoms with Crippen LogP contribution in [0.1, 0.15) is 44.0 Å². The summed E-state index contributed by atoms with van der Waals surface area (Å²) in [4.78, 5) is 29.2. The van der Waals surface area contributed by atoms with Crippen LogP contribution in [-0.4, -0.2) is 42.9 Å². The molecular weight excluding hydrogens is 350 g/mol. The van der Waals surface area contributed by atoms with Crippen molar-refractivity contribution in [3.8, 4) is 0 Å². The van der Waals surface area contributed by atoms with Gasteiger partial charge in [-0.15, -0.1) is 0 Å². The molecule has 0 spiro atoms. The van der Waals surface area contributed by atoms with Gasteiger partial charge in [0.2, 0.25) is 5.91 Å². The van der Waals surface area contributed by atoms with E-state index in [0.29, 0.717) is 11.3 Å². The second-order valence-electron chi connectivity index (χ2n) is 6.77. The maximum absolute atomic E-state index is 12.8. The van der Waals surface area contributed by atoms with Crippen molar-refractivity contribution in [1.82, 2.24) is 4.90 Å². The molecule has 0 atom stereocenters. The number of para-hydroxylation sites is 1. The fraction of sp³-hybridized carbons (Fsp3) is 0.391. The van der Waals surface area contributed by atoms with E-state index >= 15 is 0 Å². The minimum absolute atomic E-state index is 0.0132. The van der Waals surface area contributed by atoms with E-state index in [2.05, 4.69) is 19.2 Å². The number of carbonyl (C=O) groups is 2. The Labute approximate surface area is 168 Å². The zero-order valence-corrected chi connectivity index (χ0v) is 17.1. The SMILES string of the molecule is CCCN(CCC)C(=O)c1cccc(NC(=O)CN(CC)c2ccccc2)c1. The van der Waals surface area contributed by atoms with Gasteiger partial charge in [0.25, 0.3) is 5.91 Å². The first-order chi connectivity index (χ1) is 13.6. The average molecular weight is 382 g/mol. The highest BCUT2D eigenvalue weighted by molar-refractivity contribution is 5.98. The summed E-state index contributed by atoms with van der Waals surface area (Å²) in [6, 6.07) is 17.1. The summed E-state index contributed by atoms with van der Waals surface area (Å²) in [7, 11) is 0. The zero-order chi connectivity index (χ0) is 20.4. The van der Waals surface area contributed by atoms with Crippen molar-refractivity contribution in [2.75, 3.05) is 36.4 Å². The monoisotopic (exact) mass is 381 g/mol. The van der Waals surface area contributed by atoms with Crippen molar-refractivity contribution in [3.63, 3.8) is 0 Å². The Kier molecular flexibility index (Phi) is 8.53. The molecule has 0 aliphatic carbocycles. The molecular formula is C23H31N3O2. The number of amides is 2. The number of carbonyl (C=O) groups excluding carboxylic acids is 2. The number of nitrogens with zero attached hydrogens (tertiary/aromatic N) is 2. The molecule has 0 aromatic heterocycles. The Morgan fingerprint density at radius 2 is 1.57 bits per heavy atom. The molecule has 0 saturated carbocycles. The van der Waals surface area contributed by atoms with Crippen molar-refractivity contribution in [3.05, 3.63) is 60.2 Å². The number of hydrogen-bond acceptors (Lipinski definition) is 3. The Balaban J connectivity index is 2.05. The Hall–Kier alpha value is -2.82. The summed E-state index contributed by atoms with van der Waals surface area (Å²) in [6.07, 6.45) is 1.85. The molecule has 150 valence electrons. The third kappa shape index (κ3) is 6.12. The van der Waals surface area contributed by atoms with Crippen LogP contribution < -0.4 is 10.2 Å². The van der Waals surface area contributed by atoms with E-state index in [9.17, 15) is 9.59 Å². The van der Waals surface area contributed by atoms with Gasteiger partial charge in [-0.3, -0.25) is 9.59 Å². The molecule has 0 fully saturated rings. The third-order valence-corrected chi connectivity index (χ3v) is 4.51. The first-order valence-electron chi connectivity index (χ1n) is 10.1. The molecule has 5 nitrogen and oxygen atoms in total. The van der Waals surface area contributed by atoms with Crippen molar-refractivity contribution < 1.29 is 9.59 Å². The predicted molar refractivity (Wildman–Crippen MR) is 116 cm³/mol. The van der Waals surface area contributed by atoms with Gasteiger partial charge < -0.3 is 15.1 Å². The van der Waals surface area contributed by atoms with Crippen LogP contribution in [0, 0.1) is 0 Å². The molecule has 0 aliphatic rings. The standard InChI is InChI=1S/C23H31N3O2/c1-4-15-26(16-5-2)23(28)19-11-10-12-20(17-19)24-22(27)18-25(6-3)21-13-8-7-9-14-21/h7-14,17H,4-6,15-16,18H2,1-3H3,(H,24,27). The molecule has 28 heavy (non-hydrogen) atoms. The van der Waals surface area contributed by atoms with Crippen LogP contribution >= 0.6 is 0 Å². The minimum atomic E-state index is -0.103. The third-order valence-electron chi connectivity index (χ3n) is 4.51. The van der Waals surface area contributed by atoms with E-state index in [4.69, 9.17) is 0 Å². The van der Waals surface area contributed by atoms with Gasteiger partial charge in [-0.2, -0.15) is 0 Å². The molecule has 0 radical (unpaired) electrons. The topological polar surface area (TPSA) is 52.7 Å². The van der Waals surface area contributed by atoms with Crippen molar-refractivity contribution in [2.45, 2.75) is 33.6 Å². The minimum Gasteiger partial charge on any atom is -0.362 e. The number of hydrogen-bond donors (Lipinski definition) is 1. The molecule has 0 aliphatic heterocycles.